The van der Waals surface area contributed by atoms with Crippen molar-refractivity contribution < 1.29 is 9.53 Å². The third kappa shape index (κ3) is 4.63. The Morgan fingerprint density at radius 1 is 1.09 bits per heavy atom. The van der Waals surface area contributed by atoms with E-state index in [0.29, 0.717) is 0 Å². The van der Waals surface area contributed by atoms with E-state index in [0.717, 1.165) is 30.1 Å². The van der Waals surface area contributed by atoms with Gasteiger partial charge >= 0.3 is 0 Å². The van der Waals surface area contributed by atoms with Gasteiger partial charge in [0, 0.05) is 16.2 Å². The second-order valence-corrected chi connectivity index (χ2v) is 6.50. The summed E-state index contributed by atoms with van der Waals surface area (Å²) in [6.07, 6.45) is 0.993. The molecule has 22 heavy (non-hydrogen) atoms. The van der Waals surface area contributed by atoms with Crippen LogP contribution in [0.25, 0.3) is 0 Å². The molecule has 0 saturated heterocycles. The average Bonchev–Trinajstić information content (AvgIpc) is 2.51. The van der Waals surface area contributed by atoms with Crippen molar-refractivity contribution in [3.8, 4) is 5.75 Å². The molecule has 0 N–H and O–H groups in total. The number of ether oxygens (including phenoxy) is 1. The Morgan fingerprint density at radius 2 is 1.82 bits per heavy atom. The van der Waals surface area contributed by atoms with E-state index in [1.807, 2.05) is 36.4 Å². The fourth-order valence-corrected chi connectivity index (χ4v) is 2.92. The van der Waals surface area contributed by atoms with Gasteiger partial charge in [0.15, 0.2) is 5.78 Å². The SMILES string of the molecule is CC(=O)c1ccc(SCCCOc2cccc(C)c2C)cc1. The summed E-state index contributed by atoms with van der Waals surface area (Å²) < 4.78 is 5.85. The molecule has 2 nitrogen and oxygen atoms in total. The lowest BCUT2D eigenvalue weighted by molar-refractivity contribution is 0.101. The topological polar surface area (TPSA) is 26.3 Å². The van der Waals surface area contributed by atoms with Gasteiger partial charge in [-0.15, -0.1) is 11.8 Å². The van der Waals surface area contributed by atoms with Crippen molar-refractivity contribution in [2.24, 2.45) is 0 Å². The highest BCUT2D eigenvalue weighted by atomic mass is 32.2. The van der Waals surface area contributed by atoms with E-state index >= 15 is 0 Å². The van der Waals surface area contributed by atoms with Crippen LogP contribution in [-0.2, 0) is 0 Å². The second kappa shape index (κ2) is 8.04. The number of aryl methyl sites for hydroxylation is 1. The van der Waals surface area contributed by atoms with Crippen molar-refractivity contribution in [2.75, 3.05) is 12.4 Å². The molecule has 2 rings (SSSR count). The fourth-order valence-electron chi connectivity index (χ4n) is 2.10. The minimum absolute atomic E-state index is 0.110. The molecule has 0 atom stereocenters. The zero-order valence-corrected chi connectivity index (χ0v) is 14.2. The summed E-state index contributed by atoms with van der Waals surface area (Å²) in [5.41, 5.74) is 3.25. The predicted molar refractivity (Wildman–Crippen MR) is 93.2 cm³/mol. The van der Waals surface area contributed by atoms with Crippen molar-refractivity contribution in [1.82, 2.24) is 0 Å². The highest BCUT2D eigenvalue weighted by Crippen LogP contribution is 2.22. The summed E-state index contributed by atoms with van der Waals surface area (Å²) in [6, 6.07) is 13.9. The minimum Gasteiger partial charge on any atom is -0.493 e. The van der Waals surface area contributed by atoms with E-state index in [2.05, 4.69) is 19.9 Å². The van der Waals surface area contributed by atoms with E-state index in [4.69, 9.17) is 4.74 Å². The Morgan fingerprint density at radius 3 is 2.50 bits per heavy atom. The van der Waals surface area contributed by atoms with Crippen LogP contribution in [0.15, 0.2) is 47.4 Å². The normalized spacial score (nSPS) is 10.5. The molecule has 0 aromatic heterocycles. The minimum atomic E-state index is 0.110. The lowest BCUT2D eigenvalue weighted by Gasteiger charge is -2.10. The Labute approximate surface area is 136 Å². The molecule has 0 heterocycles. The van der Waals surface area contributed by atoms with E-state index in [1.54, 1.807) is 18.7 Å². The Kier molecular flexibility index (Phi) is 6.08. The molecular formula is C19H22O2S. The van der Waals surface area contributed by atoms with E-state index in [1.165, 1.54) is 16.0 Å². The van der Waals surface area contributed by atoms with Gasteiger partial charge in [-0.3, -0.25) is 4.79 Å². The van der Waals surface area contributed by atoms with E-state index in [9.17, 15) is 4.79 Å². The van der Waals surface area contributed by atoms with Crippen LogP contribution in [-0.4, -0.2) is 18.1 Å². The van der Waals surface area contributed by atoms with Crippen LogP contribution in [0.3, 0.4) is 0 Å². The van der Waals surface area contributed by atoms with Gasteiger partial charge in [0.05, 0.1) is 6.61 Å². The van der Waals surface area contributed by atoms with Gasteiger partial charge in [0.25, 0.3) is 0 Å². The van der Waals surface area contributed by atoms with E-state index in [-0.39, 0.29) is 5.78 Å². The molecule has 0 bridgehead atoms. The maximum absolute atomic E-state index is 11.2. The van der Waals surface area contributed by atoms with Crippen molar-refractivity contribution in [2.45, 2.75) is 32.1 Å². The van der Waals surface area contributed by atoms with Crippen molar-refractivity contribution in [1.29, 1.82) is 0 Å². The number of hydrogen-bond donors (Lipinski definition) is 0. The summed E-state index contributed by atoms with van der Waals surface area (Å²) >= 11 is 1.79. The van der Waals surface area contributed by atoms with Crippen LogP contribution < -0.4 is 4.74 Å². The Balaban J connectivity index is 1.73. The summed E-state index contributed by atoms with van der Waals surface area (Å²) in [6.45, 7) is 6.51. The molecule has 0 aliphatic heterocycles. The second-order valence-electron chi connectivity index (χ2n) is 5.33. The van der Waals surface area contributed by atoms with Crippen LogP contribution in [0.4, 0.5) is 0 Å². The molecule has 2 aromatic rings. The molecule has 0 unspecified atom stereocenters. The van der Waals surface area contributed by atoms with Gasteiger partial charge in [-0.2, -0.15) is 0 Å². The summed E-state index contributed by atoms with van der Waals surface area (Å²) in [5.74, 6) is 2.10. The largest absolute Gasteiger partial charge is 0.493 e. The number of rotatable bonds is 7. The van der Waals surface area contributed by atoms with Gasteiger partial charge in [0.2, 0.25) is 0 Å². The highest BCUT2D eigenvalue weighted by molar-refractivity contribution is 7.99. The monoisotopic (exact) mass is 314 g/mol. The van der Waals surface area contributed by atoms with Crippen molar-refractivity contribution >= 4 is 17.5 Å². The average molecular weight is 314 g/mol. The van der Waals surface area contributed by atoms with Gasteiger partial charge in [0.1, 0.15) is 5.75 Å². The number of hydrogen-bond acceptors (Lipinski definition) is 3. The third-order valence-corrected chi connectivity index (χ3v) is 4.73. The first-order chi connectivity index (χ1) is 10.6. The van der Waals surface area contributed by atoms with Gasteiger partial charge < -0.3 is 4.74 Å². The standard InChI is InChI=1S/C19H22O2S/c1-14-6-4-7-19(15(14)2)21-12-5-13-22-18-10-8-17(9-11-18)16(3)20/h4,6-11H,5,12-13H2,1-3H3. The molecular weight excluding hydrogens is 292 g/mol. The molecule has 0 aliphatic rings. The number of thioether (sulfide) groups is 1. The molecule has 0 radical (unpaired) electrons. The first kappa shape index (κ1) is 16.6. The zero-order valence-electron chi connectivity index (χ0n) is 13.4. The number of carbonyl (C=O) groups is 1. The maximum Gasteiger partial charge on any atom is 0.159 e. The van der Waals surface area contributed by atoms with E-state index < -0.39 is 0 Å². The van der Waals surface area contributed by atoms with Gasteiger partial charge in [-0.1, -0.05) is 24.3 Å². The number of carbonyl (C=O) groups excluding carboxylic acids is 1. The number of Topliss-reactive ketones (excluding diaryl/α,β-unsaturated/α-hetero) is 1. The first-order valence-electron chi connectivity index (χ1n) is 7.51. The van der Waals surface area contributed by atoms with Crippen LogP contribution in [0, 0.1) is 13.8 Å². The molecule has 3 heteroatoms. The Hall–Kier alpha value is -1.74. The Bertz CT molecular complexity index is 632. The lowest BCUT2D eigenvalue weighted by atomic mass is 10.1. The van der Waals surface area contributed by atoms with Crippen LogP contribution in [0.5, 0.6) is 5.75 Å². The summed E-state index contributed by atoms with van der Waals surface area (Å²) in [5, 5.41) is 0. The molecule has 2 aromatic carbocycles. The molecule has 116 valence electrons. The summed E-state index contributed by atoms with van der Waals surface area (Å²) in [4.78, 5) is 12.4. The zero-order chi connectivity index (χ0) is 15.9. The first-order valence-corrected chi connectivity index (χ1v) is 8.49. The lowest BCUT2D eigenvalue weighted by Crippen LogP contribution is -2.00. The van der Waals surface area contributed by atoms with Crippen LogP contribution in [0.2, 0.25) is 0 Å². The molecule has 0 spiro atoms. The molecule has 0 saturated carbocycles. The van der Waals surface area contributed by atoms with Crippen LogP contribution >= 0.6 is 11.8 Å². The smallest absolute Gasteiger partial charge is 0.159 e. The molecule has 0 aliphatic carbocycles. The highest BCUT2D eigenvalue weighted by Gasteiger charge is 2.02. The van der Waals surface area contributed by atoms with Crippen molar-refractivity contribution in [3.63, 3.8) is 0 Å². The summed E-state index contributed by atoms with van der Waals surface area (Å²) in [7, 11) is 0. The molecule has 0 amide bonds. The fraction of sp³-hybridized carbons (Fsp3) is 0.316. The number of benzene rings is 2. The van der Waals surface area contributed by atoms with Gasteiger partial charge in [-0.25, -0.2) is 0 Å². The predicted octanol–water partition coefficient (Wildman–Crippen LogP) is 5.07. The van der Waals surface area contributed by atoms with Gasteiger partial charge in [-0.05, 0) is 56.5 Å². The van der Waals surface area contributed by atoms with Crippen molar-refractivity contribution in [3.05, 3.63) is 59.2 Å². The number of ketones is 1. The van der Waals surface area contributed by atoms with Crippen LogP contribution in [0.1, 0.15) is 34.8 Å². The molecule has 0 fully saturated rings. The maximum atomic E-state index is 11.2. The quantitative estimate of drug-likeness (QED) is 0.405. The third-order valence-electron chi connectivity index (χ3n) is 3.63.